The molecule has 0 bridgehead atoms. The average Bonchev–Trinajstić information content (AvgIpc) is 4.06. The van der Waals surface area contributed by atoms with Crippen LogP contribution >= 0.6 is 0 Å². The maximum atomic E-state index is 14.1. The van der Waals surface area contributed by atoms with Gasteiger partial charge in [0, 0.05) is 32.5 Å². The zero-order valence-corrected chi connectivity index (χ0v) is 41.4. The molecule has 5 N–H and O–H groups in total. The summed E-state index contributed by atoms with van der Waals surface area (Å²) in [5.74, 6) is -6.25. The first kappa shape index (κ1) is 55.7. The highest BCUT2D eigenvalue weighted by Crippen LogP contribution is 2.26. The monoisotopic (exact) mass is 963 g/mol. The molecule has 2 heterocycles. The van der Waals surface area contributed by atoms with Gasteiger partial charge in [-0.1, -0.05) is 109 Å². The number of nitrogens with zero attached hydrogens (tertiary/aromatic N) is 3. The van der Waals surface area contributed by atoms with Crippen LogP contribution in [-0.4, -0.2) is 155 Å². The lowest BCUT2D eigenvalue weighted by Gasteiger charge is -2.33. The van der Waals surface area contributed by atoms with Gasteiger partial charge in [-0.25, -0.2) is 9.59 Å². The Morgan fingerprint density at radius 1 is 0.754 bits per heavy atom. The molecule has 0 radical (unpaired) electrons. The number of likely N-dealkylation sites (N-methyl/N-ethyl adjacent to an activating group) is 1. The fraction of sp³-hybridized carbons (Fsp3) is 0.608. The summed E-state index contributed by atoms with van der Waals surface area (Å²) >= 11 is 0. The number of ether oxygens (including phenoxy) is 2. The summed E-state index contributed by atoms with van der Waals surface area (Å²) in [5.41, 5.74) is 1.53. The number of aliphatic hydroxyl groups is 2. The van der Waals surface area contributed by atoms with E-state index in [9.17, 15) is 48.6 Å². The predicted octanol–water partition coefficient (Wildman–Crippen LogP) is 2.31. The number of nitrogens with one attached hydrogen (secondary N) is 3. The molecule has 18 heteroatoms. The highest BCUT2D eigenvalue weighted by atomic mass is 16.6. The number of hydrogen-bond donors (Lipinski definition) is 5. The average molecular weight is 963 g/mol. The first-order valence-corrected chi connectivity index (χ1v) is 24.3. The molecule has 0 spiro atoms. The Labute approximate surface area is 406 Å². The minimum Gasteiger partial charge on any atom is -0.467 e. The second kappa shape index (κ2) is 26.8. The number of esters is 2. The van der Waals surface area contributed by atoms with E-state index in [1.54, 1.807) is 52.0 Å². The Morgan fingerprint density at radius 2 is 1.30 bits per heavy atom. The summed E-state index contributed by atoms with van der Waals surface area (Å²) in [7, 11) is 2.72. The van der Waals surface area contributed by atoms with Gasteiger partial charge in [-0.3, -0.25) is 28.8 Å². The van der Waals surface area contributed by atoms with Crippen molar-refractivity contribution in [2.75, 3.05) is 33.8 Å². The standard InChI is InChI=1S/C51H74N6O12/c1-9-32(5)43(47(63)52-30-42(60)55(7)39(28-35-21-15-12-16-22-35)48(64)57-26-18-24-38(57)50(66)68-8)54-41(59)29-40(58)36(27-34-19-13-11-14-20-34)53-46(62)37-23-17-25-56(37)49(65)45(33(6)10-2)69-51(67)44(61)31(3)4/h11-16,19-22,31-33,36-40,43-45,58,61H,9-10,17-18,23-30H2,1-8H3,(H,52,63)(H,53,62)(H,54,59)/t32-,33-,36-,37-,38-,39+,40-,43-,44-,45+/m0/s1. The number of likely N-dealkylation sites (tertiary alicyclic amines) is 2. The van der Waals surface area contributed by atoms with E-state index in [0.29, 0.717) is 45.1 Å². The number of carbonyl (C=O) groups is 8. The van der Waals surface area contributed by atoms with Gasteiger partial charge in [0.05, 0.1) is 32.2 Å². The van der Waals surface area contributed by atoms with E-state index in [1.807, 2.05) is 50.2 Å². The zero-order chi connectivity index (χ0) is 50.9. The van der Waals surface area contributed by atoms with E-state index in [-0.39, 0.29) is 19.4 Å². The topological polar surface area (TPSA) is 241 Å². The minimum absolute atomic E-state index is 0.113. The molecule has 0 aliphatic carbocycles. The van der Waals surface area contributed by atoms with Gasteiger partial charge in [0.25, 0.3) is 5.91 Å². The van der Waals surface area contributed by atoms with Crippen molar-refractivity contribution in [2.24, 2.45) is 17.8 Å². The third kappa shape index (κ3) is 15.3. The number of benzene rings is 2. The van der Waals surface area contributed by atoms with Gasteiger partial charge in [0.2, 0.25) is 29.5 Å². The van der Waals surface area contributed by atoms with Crippen LogP contribution in [0.3, 0.4) is 0 Å². The van der Waals surface area contributed by atoms with Crippen molar-refractivity contribution in [3.8, 4) is 0 Å². The lowest BCUT2D eigenvalue weighted by atomic mass is 9.96. The van der Waals surface area contributed by atoms with Gasteiger partial charge >= 0.3 is 11.9 Å². The van der Waals surface area contributed by atoms with Crippen molar-refractivity contribution in [2.45, 2.75) is 148 Å². The van der Waals surface area contributed by atoms with Crippen LogP contribution in [-0.2, 0) is 60.7 Å². The summed E-state index contributed by atoms with van der Waals surface area (Å²) in [6, 6.07) is 13.2. The van der Waals surface area contributed by atoms with Crippen molar-refractivity contribution in [3.63, 3.8) is 0 Å². The Hall–Kier alpha value is -5.88. The Kier molecular flexibility index (Phi) is 21.6. The molecule has 2 fully saturated rings. The highest BCUT2D eigenvalue weighted by molar-refractivity contribution is 5.94. The van der Waals surface area contributed by atoms with Crippen LogP contribution in [0.1, 0.15) is 97.6 Å². The lowest BCUT2D eigenvalue weighted by molar-refractivity contribution is -0.173. The maximum absolute atomic E-state index is 14.1. The van der Waals surface area contributed by atoms with Crippen LogP contribution < -0.4 is 16.0 Å². The molecule has 6 amide bonds. The normalized spacial score (nSPS) is 19.2. The van der Waals surface area contributed by atoms with Crippen LogP contribution in [0.25, 0.3) is 0 Å². The quantitative estimate of drug-likeness (QED) is 0.0954. The molecule has 2 saturated heterocycles. The van der Waals surface area contributed by atoms with E-state index in [4.69, 9.17) is 9.47 Å². The summed E-state index contributed by atoms with van der Waals surface area (Å²) in [4.78, 5) is 113. The maximum Gasteiger partial charge on any atom is 0.336 e. The Balaban J connectivity index is 1.46. The first-order chi connectivity index (χ1) is 32.8. The van der Waals surface area contributed by atoms with E-state index >= 15 is 0 Å². The molecular weight excluding hydrogens is 889 g/mol. The number of aliphatic hydroxyl groups excluding tert-OH is 2. The molecule has 2 aromatic rings. The summed E-state index contributed by atoms with van der Waals surface area (Å²) in [5, 5.41) is 30.3. The van der Waals surface area contributed by atoms with Crippen LogP contribution in [0.4, 0.5) is 0 Å². The second-order valence-corrected chi connectivity index (χ2v) is 18.8. The number of hydrogen-bond acceptors (Lipinski definition) is 12. The summed E-state index contributed by atoms with van der Waals surface area (Å²) in [6.07, 6.45) is -1.66. The van der Waals surface area contributed by atoms with Gasteiger partial charge in [0.15, 0.2) is 12.2 Å². The fourth-order valence-electron chi connectivity index (χ4n) is 8.66. The number of rotatable bonds is 24. The highest BCUT2D eigenvalue weighted by Gasteiger charge is 2.43. The minimum atomic E-state index is -1.46. The van der Waals surface area contributed by atoms with Crippen LogP contribution in [0.2, 0.25) is 0 Å². The first-order valence-electron chi connectivity index (χ1n) is 24.3. The molecule has 2 aromatic carbocycles. The van der Waals surface area contributed by atoms with Crippen LogP contribution in [0, 0.1) is 17.8 Å². The van der Waals surface area contributed by atoms with E-state index < -0.39 is 127 Å². The molecule has 380 valence electrons. The molecule has 0 unspecified atom stereocenters. The van der Waals surface area contributed by atoms with Crippen LogP contribution in [0.5, 0.6) is 0 Å². The Morgan fingerprint density at radius 3 is 1.86 bits per heavy atom. The molecule has 69 heavy (non-hydrogen) atoms. The molecule has 10 atom stereocenters. The summed E-state index contributed by atoms with van der Waals surface area (Å²) < 4.78 is 10.5. The summed E-state index contributed by atoms with van der Waals surface area (Å²) in [6.45, 7) is 10.5. The van der Waals surface area contributed by atoms with Gasteiger partial charge in [-0.15, -0.1) is 0 Å². The van der Waals surface area contributed by atoms with E-state index in [1.165, 1.54) is 28.9 Å². The second-order valence-electron chi connectivity index (χ2n) is 18.8. The number of amides is 6. The van der Waals surface area contributed by atoms with Gasteiger partial charge in [0.1, 0.15) is 24.2 Å². The number of methoxy groups -OCH3 is 1. The fourth-order valence-corrected chi connectivity index (χ4v) is 8.66. The smallest absolute Gasteiger partial charge is 0.336 e. The van der Waals surface area contributed by atoms with E-state index in [0.717, 1.165) is 11.1 Å². The SMILES string of the molecule is CC[C@H](C)[C@H](NC(=O)C[C@H](O)[C@H](Cc1ccccc1)NC(=O)[C@@H]1CCCN1C(=O)[C@H](OC(=O)[C@@H](O)C(C)C)[C@@H](C)CC)C(=O)NCC(=O)N(C)[C@H](Cc1ccccc1)C(=O)N1CCC[C@H]1C(=O)OC. The molecular formula is C51H74N6O12. The molecule has 2 aliphatic heterocycles. The van der Waals surface area contributed by atoms with Crippen molar-refractivity contribution >= 4 is 47.4 Å². The zero-order valence-electron chi connectivity index (χ0n) is 41.4. The predicted molar refractivity (Wildman–Crippen MR) is 255 cm³/mol. The molecule has 0 aromatic heterocycles. The number of carbonyl (C=O) groups excluding carboxylic acids is 8. The van der Waals surface area contributed by atoms with Crippen molar-refractivity contribution in [1.82, 2.24) is 30.7 Å². The molecule has 18 nitrogen and oxygen atoms in total. The van der Waals surface area contributed by atoms with Crippen molar-refractivity contribution in [1.29, 1.82) is 0 Å². The largest absolute Gasteiger partial charge is 0.467 e. The molecule has 2 aliphatic rings. The molecule has 0 saturated carbocycles. The third-order valence-electron chi connectivity index (χ3n) is 13.5. The van der Waals surface area contributed by atoms with Gasteiger partial charge in [-0.05, 0) is 61.5 Å². The van der Waals surface area contributed by atoms with Crippen molar-refractivity contribution < 1.29 is 58.0 Å². The van der Waals surface area contributed by atoms with Gasteiger partial charge < -0.3 is 50.3 Å². The van der Waals surface area contributed by atoms with E-state index in [2.05, 4.69) is 16.0 Å². The molecule has 4 rings (SSSR count). The van der Waals surface area contributed by atoms with Gasteiger partial charge in [-0.2, -0.15) is 0 Å². The Bertz CT molecular complexity index is 2060. The third-order valence-corrected chi connectivity index (χ3v) is 13.5. The van der Waals surface area contributed by atoms with Crippen molar-refractivity contribution in [3.05, 3.63) is 71.8 Å². The van der Waals surface area contributed by atoms with Crippen LogP contribution in [0.15, 0.2) is 60.7 Å². The lowest BCUT2D eigenvalue weighted by Crippen LogP contribution is -2.57.